The first kappa shape index (κ1) is 13.8. The predicted molar refractivity (Wildman–Crippen MR) is 73.5 cm³/mol. The van der Waals surface area contributed by atoms with Gasteiger partial charge in [0.2, 0.25) is 5.91 Å². The molecule has 0 aromatic carbocycles. The van der Waals surface area contributed by atoms with Crippen LogP contribution in [-0.2, 0) is 4.79 Å². The average Bonchev–Trinajstić information content (AvgIpc) is 2.97. The lowest BCUT2D eigenvalue weighted by Crippen LogP contribution is -2.47. The molecule has 2 heterocycles. The second-order valence-electron chi connectivity index (χ2n) is 6.10. The molecule has 1 N–H and O–H groups in total. The molecule has 0 aromatic heterocycles. The summed E-state index contributed by atoms with van der Waals surface area (Å²) in [5, 5.41) is 3.30. The molecule has 2 aliphatic rings. The summed E-state index contributed by atoms with van der Waals surface area (Å²) in [6.07, 6.45) is 3.48. The molecule has 1 amide bonds. The van der Waals surface area contributed by atoms with E-state index in [0.29, 0.717) is 11.9 Å². The second-order valence-corrected chi connectivity index (χ2v) is 6.10. The van der Waals surface area contributed by atoms with Gasteiger partial charge in [-0.3, -0.25) is 9.69 Å². The van der Waals surface area contributed by atoms with Crippen molar-refractivity contribution >= 4 is 5.91 Å². The minimum atomic E-state index is -0.176. The van der Waals surface area contributed by atoms with E-state index in [1.165, 1.54) is 19.4 Å². The van der Waals surface area contributed by atoms with Crippen LogP contribution in [0.2, 0.25) is 0 Å². The number of nitrogens with one attached hydrogen (secondary N) is 1. The highest BCUT2D eigenvalue weighted by atomic mass is 16.2. The van der Waals surface area contributed by atoms with Gasteiger partial charge in [0.05, 0.1) is 5.41 Å². The molecule has 2 unspecified atom stereocenters. The second kappa shape index (κ2) is 5.57. The molecule has 2 fully saturated rings. The Morgan fingerprint density at radius 2 is 2.33 bits per heavy atom. The standard InChI is InChI=1S/C14H27N3O/c1-4-17-9-5-6-12(17)10-16(3)13(18)14(2)7-8-15-11-14/h12,15H,4-11H2,1-3H3. The van der Waals surface area contributed by atoms with E-state index in [1.54, 1.807) is 0 Å². The minimum Gasteiger partial charge on any atom is -0.344 e. The number of hydrogen-bond donors (Lipinski definition) is 1. The molecule has 0 bridgehead atoms. The van der Waals surface area contributed by atoms with E-state index in [9.17, 15) is 4.79 Å². The molecular weight excluding hydrogens is 226 g/mol. The molecule has 18 heavy (non-hydrogen) atoms. The van der Waals surface area contributed by atoms with Gasteiger partial charge in [-0.1, -0.05) is 6.92 Å². The maximum Gasteiger partial charge on any atom is 0.229 e. The first-order valence-corrected chi connectivity index (χ1v) is 7.27. The van der Waals surface area contributed by atoms with Crippen LogP contribution in [0.5, 0.6) is 0 Å². The van der Waals surface area contributed by atoms with Crippen molar-refractivity contribution in [1.29, 1.82) is 0 Å². The molecule has 2 saturated heterocycles. The number of nitrogens with zero attached hydrogens (tertiary/aromatic N) is 2. The van der Waals surface area contributed by atoms with Gasteiger partial charge >= 0.3 is 0 Å². The van der Waals surface area contributed by atoms with Crippen LogP contribution in [0.3, 0.4) is 0 Å². The van der Waals surface area contributed by atoms with Crippen molar-refractivity contribution in [3.8, 4) is 0 Å². The van der Waals surface area contributed by atoms with Gasteiger partial charge in [0.25, 0.3) is 0 Å². The molecule has 0 aliphatic carbocycles. The van der Waals surface area contributed by atoms with Crippen molar-refractivity contribution in [3.63, 3.8) is 0 Å². The zero-order valence-electron chi connectivity index (χ0n) is 12.0. The van der Waals surface area contributed by atoms with E-state index >= 15 is 0 Å². The molecule has 4 nitrogen and oxygen atoms in total. The van der Waals surface area contributed by atoms with Crippen molar-refractivity contribution < 1.29 is 4.79 Å². The van der Waals surface area contributed by atoms with Crippen molar-refractivity contribution in [2.45, 2.75) is 39.2 Å². The summed E-state index contributed by atoms with van der Waals surface area (Å²) in [5.41, 5.74) is -0.176. The maximum absolute atomic E-state index is 12.5. The summed E-state index contributed by atoms with van der Waals surface area (Å²) in [7, 11) is 1.97. The van der Waals surface area contributed by atoms with E-state index in [1.807, 2.05) is 11.9 Å². The van der Waals surface area contributed by atoms with Gasteiger partial charge in [-0.2, -0.15) is 0 Å². The van der Waals surface area contributed by atoms with Crippen LogP contribution < -0.4 is 5.32 Å². The number of rotatable bonds is 4. The molecule has 4 heteroatoms. The lowest BCUT2D eigenvalue weighted by Gasteiger charge is -2.32. The molecule has 104 valence electrons. The fourth-order valence-corrected chi connectivity index (χ4v) is 3.38. The van der Waals surface area contributed by atoms with Crippen LogP contribution in [0.25, 0.3) is 0 Å². The van der Waals surface area contributed by atoms with E-state index in [2.05, 4.69) is 24.1 Å². The summed E-state index contributed by atoms with van der Waals surface area (Å²) in [5.74, 6) is 0.315. The number of carbonyl (C=O) groups excluding carboxylic acids is 1. The molecule has 2 atom stereocenters. The zero-order valence-corrected chi connectivity index (χ0v) is 12.0. The third-order valence-corrected chi connectivity index (χ3v) is 4.62. The summed E-state index contributed by atoms with van der Waals surface area (Å²) in [4.78, 5) is 17.0. The van der Waals surface area contributed by atoms with Crippen molar-refractivity contribution in [2.24, 2.45) is 5.41 Å². The number of likely N-dealkylation sites (N-methyl/N-ethyl adjacent to an activating group) is 2. The fraction of sp³-hybridized carbons (Fsp3) is 0.929. The third kappa shape index (κ3) is 2.69. The molecule has 2 rings (SSSR count). The summed E-state index contributed by atoms with van der Waals surface area (Å²) in [6, 6.07) is 0.571. The molecule has 2 aliphatic heterocycles. The first-order valence-electron chi connectivity index (χ1n) is 7.27. The molecule has 0 saturated carbocycles. The molecule has 0 spiro atoms. The lowest BCUT2D eigenvalue weighted by atomic mass is 9.88. The van der Waals surface area contributed by atoms with E-state index in [4.69, 9.17) is 0 Å². The number of carbonyl (C=O) groups is 1. The van der Waals surface area contributed by atoms with Gasteiger partial charge in [-0.15, -0.1) is 0 Å². The van der Waals surface area contributed by atoms with Gasteiger partial charge < -0.3 is 10.2 Å². The Labute approximate surface area is 111 Å². The topological polar surface area (TPSA) is 35.6 Å². The Bertz CT molecular complexity index is 299. The highest BCUT2D eigenvalue weighted by Crippen LogP contribution is 2.27. The lowest BCUT2D eigenvalue weighted by molar-refractivity contribution is -0.139. The number of amides is 1. The van der Waals surface area contributed by atoms with E-state index < -0.39 is 0 Å². The third-order valence-electron chi connectivity index (χ3n) is 4.62. The number of hydrogen-bond acceptors (Lipinski definition) is 3. The number of likely N-dealkylation sites (tertiary alicyclic amines) is 1. The molecule has 0 radical (unpaired) electrons. The smallest absolute Gasteiger partial charge is 0.229 e. The maximum atomic E-state index is 12.5. The Balaban J connectivity index is 1.91. The monoisotopic (exact) mass is 253 g/mol. The Kier molecular flexibility index (Phi) is 4.28. The normalized spacial score (nSPS) is 32.9. The van der Waals surface area contributed by atoms with Gasteiger partial charge in [0.1, 0.15) is 0 Å². The van der Waals surface area contributed by atoms with E-state index in [-0.39, 0.29) is 5.41 Å². The Hall–Kier alpha value is -0.610. The van der Waals surface area contributed by atoms with Crippen molar-refractivity contribution in [3.05, 3.63) is 0 Å². The quantitative estimate of drug-likeness (QED) is 0.809. The average molecular weight is 253 g/mol. The SMILES string of the molecule is CCN1CCCC1CN(C)C(=O)C1(C)CCNC1. The van der Waals surface area contributed by atoms with Crippen LogP contribution in [0.1, 0.15) is 33.1 Å². The largest absolute Gasteiger partial charge is 0.344 e. The van der Waals surface area contributed by atoms with Crippen LogP contribution in [0.15, 0.2) is 0 Å². The summed E-state index contributed by atoms with van der Waals surface area (Å²) in [6.45, 7) is 9.30. The van der Waals surface area contributed by atoms with Crippen molar-refractivity contribution in [1.82, 2.24) is 15.1 Å². The van der Waals surface area contributed by atoms with Crippen LogP contribution in [0.4, 0.5) is 0 Å². The van der Waals surface area contributed by atoms with Gasteiger partial charge in [-0.25, -0.2) is 0 Å². The summed E-state index contributed by atoms with van der Waals surface area (Å²) >= 11 is 0. The van der Waals surface area contributed by atoms with Gasteiger partial charge in [0, 0.05) is 26.2 Å². The minimum absolute atomic E-state index is 0.176. The zero-order chi connectivity index (χ0) is 13.2. The Morgan fingerprint density at radius 3 is 2.94 bits per heavy atom. The van der Waals surface area contributed by atoms with Gasteiger partial charge in [-0.05, 0) is 45.8 Å². The Morgan fingerprint density at radius 1 is 1.56 bits per heavy atom. The predicted octanol–water partition coefficient (Wildman–Crippen LogP) is 0.929. The molecular formula is C14H27N3O. The highest BCUT2D eigenvalue weighted by Gasteiger charge is 2.39. The van der Waals surface area contributed by atoms with Crippen LogP contribution >= 0.6 is 0 Å². The first-order chi connectivity index (χ1) is 8.57. The van der Waals surface area contributed by atoms with Gasteiger partial charge in [0.15, 0.2) is 0 Å². The molecule has 0 aromatic rings. The van der Waals surface area contributed by atoms with Crippen molar-refractivity contribution in [2.75, 3.05) is 39.8 Å². The van der Waals surface area contributed by atoms with Crippen LogP contribution in [-0.4, -0.2) is 61.5 Å². The highest BCUT2D eigenvalue weighted by molar-refractivity contribution is 5.82. The summed E-state index contributed by atoms with van der Waals surface area (Å²) < 4.78 is 0. The fourth-order valence-electron chi connectivity index (χ4n) is 3.38. The van der Waals surface area contributed by atoms with E-state index in [0.717, 1.165) is 32.6 Å². The van der Waals surface area contributed by atoms with Crippen LogP contribution in [0, 0.1) is 5.41 Å².